The third kappa shape index (κ3) is 2.64. The maximum Gasteiger partial charge on any atom is 0.243 e. The molecule has 0 amide bonds. The molecule has 0 radical (unpaired) electrons. The Morgan fingerprint density at radius 1 is 1.00 bits per heavy atom. The molecule has 0 aliphatic carbocycles. The first kappa shape index (κ1) is 15.5. The summed E-state index contributed by atoms with van der Waals surface area (Å²) >= 11 is 0. The van der Waals surface area contributed by atoms with Crippen molar-refractivity contribution in [3.8, 4) is 0 Å². The first-order valence-corrected chi connectivity index (χ1v) is 10.4. The number of nitrogens with zero attached hydrogens (tertiary/aromatic N) is 1. The Morgan fingerprint density at radius 2 is 1.68 bits per heavy atom. The number of fused-ring (bicyclic) bond motifs is 1. The number of sulfonamides is 1. The Kier molecular flexibility index (Phi) is 3.74. The van der Waals surface area contributed by atoms with Crippen molar-refractivity contribution in [3.05, 3.63) is 42.5 Å². The van der Waals surface area contributed by atoms with E-state index in [-0.39, 0.29) is 18.0 Å². The second kappa shape index (κ2) is 5.33. The molecule has 1 aliphatic rings. The minimum atomic E-state index is -3.69. The summed E-state index contributed by atoms with van der Waals surface area (Å²) in [5.74, 6) is 0. The molecule has 3 rings (SSSR count). The van der Waals surface area contributed by atoms with E-state index in [0.29, 0.717) is 11.8 Å². The van der Waals surface area contributed by atoms with Crippen LogP contribution in [0.4, 0.5) is 0 Å². The van der Waals surface area contributed by atoms with Crippen LogP contribution < -0.4 is 0 Å². The van der Waals surface area contributed by atoms with Gasteiger partial charge in [0, 0.05) is 24.7 Å². The predicted molar refractivity (Wildman–Crippen MR) is 86.0 cm³/mol. The summed E-state index contributed by atoms with van der Waals surface area (Å²) in [6, 6.07) is 12.4. The van der Waals surface area contributed by atoms with Crippen molar-refractivity contribution in [1.29, 1.82) is 0 Å². The van der Waals surface area contributed by atoms with Crippen LogP contribution in [-0.2, 0) is 19.9 Å². The van der Waals surface area contributed by atoms with Crippen LogP contribution in [0.5, 0.6) is 0 Å². The molecule has 1 fully saturated rings. The molecule has 5 nitrogen and oxygen atoms in total. The SMILES string of the molecule is CS(=O)(=O)C1CCN(S(=O)(=O)c2cccc3ccccc23)C1. The lowest BCUT2D eigenvalue weighted by Gasteiger charge is -2.17. The smallest absolute Gasteiger partial charge is 0.229 e. The van der Waals surface area contributed by atoms with Crippen molar-refractivity contribution in [3.63, 3.8) is 0 Å². The highest BCUT2D eigenvalue weighted by Crippen LogP contribution is 2.29. The molecule has 1 heterocycles. The van der Waals surface area contributed by atoms with Gasteiger partial charge in [0.15, 0.2) is 9.84 Å². The average molecular weight is 339 g/mol. The average Bonchev–Trinajstić information content (AvgIpc) is 2.97. The standard InChI is InChI=1S/C15H17NO4S2/c1-21(17,18)13-9-10-16(11-13)22(19,20)15-8-4-6-12-5-2-3-7-14(12)15/h2-8,13H,9-11H2,1H3. The van der Waals surface area contributed by atoms with E-state index in [0.717, 1.165) is 11.6 Å². The van der Waals surface area contributed by atoms with Gasteiger partial charge < -0.3 is 0 Å². The Morgan fingerprint density at radius 3 is 2.36 bits per heavy atom. The van der Waals surface area contributed by atoms with Gasteiger partial charge in [-0.15, -0.1) is 0 Å². The van der Waals surface area contributed by atoms with Crippen molar-refractivity contribution in [2.45, 2.75) is 16.6 Å². The van der Waals surface area contributed by atoms with E-state index >= 15 is 0 Å². The van der Waals surface area contributed by atoms with E-state index in [1.807, 2.05) is 18.2 Å². The van der Waals surface area contributed by atoms with Crippen molar-refractivity contribution in [1.82, 2.24) is 4.31 Å². The molecule has 1 unspecified atom stereocenters. The molecule has 22 heavy (non-hydrogen) atoms. The molecule has 2 aromatic carbocycles. The summed E-state index contributed by atoms with van der Waals surface area (Å²) in [5.41, 5.74) is 0. The number of benzene rings is 2. The van der Waals surface area contributed by atoms with Gasteiger partial charge in [-0.1, -0.05) is 36.4 Å². The van der Waals surface area contributed by atoms with E-state index in [4.69, 9.17) is 0 Å². The van der Waals surface area contributed by atoms with Crippen LogP contribution in [-0.4, -0.2) is 45.7 Å². The molecule has 0 N–H and O–H groups in total. The van der Waals surface area contributed by atoms with Gasteiger partial charge in [-0.2, -0.15) is 4.31 Å². The second-order valence-corrected chi connectivity index (χ2v) is 9.81. The molecule has 0 saturated carbocycles. The fourth-order valence-electron chi connectivity index (χ4n) is 2.83. The molecule has 1 aliphatic heterocycles. The maximum atomic E-state index is 12.9. The molecule has 7 heteroatoms. The van der Waals surface area contributed by atoms with E-state index in [2.05, 4.69) is 0 Å². The highest BCUT2D eigenvalue weighted by molar-refractivity contribution is 7.91. The van der Waals surface area contributed by atoms with E-state index in [9.17, 15) is 16.8 Å². The Labute approximate surface area is 130 Å². The van der Waals surface area contributed by atoms with Crippen LogP contribution in [0.1, 0.15) is 6.42 Å². The minimum absolute atomic E-state index is 0.0321. The number of hydrogen-bond acceptors (Lipinski definition) is 4. The topological polar surface area (TPSA) is 71.5 Å². The fourth-order valence-corrected chi connectivity index (χ4v) is 5.62. The van der Waals surface area contributed by atoms with Crippen LogP contribution in [0.15, 0.2) is 47.4 Å². The predicted octanol–water partition coefficient (Wildman–Crippen LogP) is 1.65. The van der Waals surface area contributed by atoms with E-state index in [1.54, 1.807) is 24.3 Å². The van der Waals surface area contributed by atoms with Gasteiger partial charge in [0.1, 0.15) is 0 Å². The van der Waals surface area contributed by atoms with Gasteiger partial charge >= 0.3 is 0 Å². The molecule has 118 valence electrons. The molecule has 1 saturated heterocycles. The third-order valence-corrected chi connectivity index (χ3v) is 7.60. The molecule has 0 spiro atoms. The first-order chi connectivity index (χ1) is 10.3. The van der Waals surface area contributed by atoms with Crippen molar-refractivity contribution < 1.29 is 16.8 Å². The summed E-state index contributed by atoms with van der Waals surface area (Å²) in [4.78, 5) is 0.236. The van der Waals surface area contributed by atoms with Crippen LogP contribution in [0.3, 0.4) is 0 Å². The number of hydrogen-bond donors (Lipinski definition) is 0. The molecular weight excluding hydrogens is 322 g/mol. The van der Waals surface area contributed by atoms with Gasteiger partial charge in [0.05, 0.1) is 10.1 Å². The first-order valence-electron chi connectivity index (χ1n) is 6.97. The summed E-state index contributed by atoms with van der Waals surface area (Å²) in [6.45, 7) is 0.272. The zero-order chi connectivity index (χ0) is 16.0. The molecule has 2 aromatic rings. The zero-order valence-corrected chi connectivity index (χ0v) is 13.8. The number of sulfone groups is 1. The number of rotatable bonds is 3. The summed E-state index contributed by atoms with van der Waals surface area (Å²) in [5, 5.41) is 0.896. The maximum absolute atomic E-state index is 12.9. The molecule has 1 atom stereocenters. The third-order valence-electron chi connectivity index (χ3n) is 4.08. The second-order valence-electron chi connectivity index (χ2n) is 5.58. The van der Waals surface area contributed by atoms with Gasteiger partial charge in [-0.25, -0.2) is 16.8 Å². The molecular formula is C15H17NO4S2. The van der Waals surface area contributed by atoms with E-state index in [1.165, 1.54) is 4.31 Å². The Balaban J connectivity index is 2.03. The van der Waals surface area contributed by atoms with Gasteiger partial charge in [0.2, 0.25) is 10.0 Å². The van der Waals surface area contributed by atoms with Crippen molar-refractivity contribution in [2.24, 2.45) is 0 Å². The van der Waals surface area contributed by atoms with Crippen molar-refractivity contribution >= 4 is 30.6 Å². The highest BCUT2D eigenvalue weighted by atomic mass is 32.2. The van der Waals surface area contributed by atoms with Crippen LogP contribution in [0.25, 0.3) is 10.8 Å². The quantitative estimate of drug-likeness (QED) is 0.852. The van der Waals surface area contributed by atoms with Crippen LogP contribution >= 0.6 is 0 Å². The molecule has 0 aromatic heterocycles. The zero-order valence-electron chi connectivity index (χ0n) is 12.1. The van der Waals surface area contributed by atoms with E-state index < -0.39 is 25.1 Å². The monoisotopic (exact) mass is 339 g/mol. The summed E-state index contributed by atoms with van der Waals surface area (Å²) in [7, 11) is -6.92. The molecule has 0 bridgehead atoms. The lowest BCUT2D eigenvalue weighted by atomic mass is 10.1. The summed E-state index contributed by atoms with van der Waals surface area (Å²) < 4.78 is 50.2. The fraction of sp³-hybridized carbons (Fsp3) is 0.333. The largest absolute Gasteiger partial charge is 0.243 e. The highest BCUT2D eigenvalue weighted by Gasteiger charge is 2.37. The van der Waals surface area contributed by atoms with Crippen LogP contribution in [0.2, 0.25) is 0 Å². The minimum Gasteiger partial charge on any atom is -0.229 e. The Bertz CT molecular complexity index is 914. The summed E-state index contributed by atoms with van der Waals surface area (Å²) in [6.07, 6.45) is 1.51. The van der Waals surface area contributed by atoms with Crippen molar-refractivity contribution in [2.75, 3.05) is 19.3 Å². The lowest BCUT2D eigenvalue weighted by molar-refractivity contribution is 0.477. The van der Waals surface area contributed by atoms with Gasteiger partial charge in [-0.05, 0) is 17.9 Å². The van der Waals surface area contributed by atoms with Crippen LogP contribution in [0, 0.1) is 0 Å². The van der Waals surface area contributed by atoms with Gasteiger partial charge in [-0.3, -0.25) is 0 Å². The normalized spacial score (nSPS) is 20.5. The lowest BCUT2D eigenvalue weighted by Crippen LogP contribution is -2.31. The Hall–Kier alpha value is -1.44. The van der Waals surface area contributed by atoms with Gasteiger partial charge in [0.25, 0.3) is 0 Å².